The fourth-order valence-corrected chi connectivity index (χ4v) is 1.30. The smallest absolute Gasteiger partial charge is 0.303 e. The van der Waals surface area contributed by atoms with Crippen LogP contribution in [-0.4, -0.2) is 24.2 Å². The standard InChI is InChI=1S/C8H15NO2/c1-6(2-3-8(10)11)7-4-9-5-7/h6-7,9H,2-5H2,1H3,(H,10,11). The van der Waals surface area contributed by atoms with Crippen molar-refractivity contribution in [3.05, 3.63) is 0 Å². The number of carbonyl (C=O) groups is 1. The third-order valence-electron chi connectivity index (χ3n) is 2.43. The Morgan fingerprint density at radius 1 is 1.73 bits per heavy atom. The highest BCUT2D eigenvalue weighted by Crippen LogP contribution is 2.20. The normalized spacial score (nSPS) is 20.8. The van der Waals surface area contributed by atoms with Gasteiger partial charge in [-0.1, -0.05) is 6.92 Å². The predicted molar refractivity (Wildman–Crippen MR) is 42.4 cm³/mol. The Labute approximate surface area is 66.8 Å². The molecule has 64 valence electrons. The summed E-state index contributed by atoms with van der Waals surface area (Å²) in [5.74, 6) is 0.603. The van der Waals surface area contributed by atoms with Crippen molar-refractivity contribution in [2.45, 2.75) is 19.8 Å². The molecule has 11 heavy (non-hydrogen) atoms. The van der Waals surface area contributed by atoms with E-state index in [1.54, 1.807) is 0 Å². The molecule has 0 aromatic heterocycles. The van der Waals surface area contributed by atoms with Gasteiger partial charge in [0.2, 0.25) is 0 Å². The summed E-state index contributed by atoms with van der Waals surface area (Å²) in [4.78, 5) is 10.2. The third kappa shape index (κ3) is 2.50. The van der Waals surface area contributed by atoms with E-state index in [0.29, 0.717) is 18.3 Å². The molecule has 0 radical (unpaired) electrons. The first kappa shape index (κ1) is 8.53. The van der Waals surface area contributed by atoms with Gasteiger partial charge in [0.15, 0.2) is 0 Å². The van der Waals surface area contributed by atoms with Crippen molar-refractivity contribution in [3.8, 4) is 0 Å². The van der Waals surface area contributed by atoms with Crippen molar-refractivity contribution < 1.29 is 9.90 Å². The maximum absolute atomic E-state index is 10.2. The molecule has 1 heterocycles. The van der Waals surface area contributed by atoms with Gasteiger partial charge < -0.3 is 10.4 Å². The number of aliphatic carboxylic acids is 1. The van der Waals surface area contributed by atoms with Crippen LogP contribution in [0.3, 0.4) is 0 Å². The number of hydrogen-bond donors (Lipinski definition) is 2. The molecule has 1 atom stereocenters. The van der Waals surface area contributed by atoms with E-state index < -0.39 is 5.97 Å². The molecule has 0 spiro atoms. The summed E-state index contributed by atoms with van der Waals surface area (Å²) in [5.41, 5.74) is 0. The van der Waals surface area contributed by atoms with Gasteiger partial charge in [0.05, 0.1) is 0 Å². The lowest BCUT2D eigenvalue weighted by atomic mass is 9.86. The summed E-state index contributed by atoms with van der Waals surface area (Å²) >= 11 is 0. The highest BCUT2D eigenvalue weighted by Gasteiger charge is 2.23. The van der Waals surface area contributed by atoms with E-state index in [4.69, 9.17) is 5.11 Å². The average Bonchev–Trinajstić information content (AvgIpc) is 1.79. The number of nitrogens with one attached hydrogen (secondary N) is 1. The van der Waals surface area contributed by atoms with Crippen molar-refractivity contribution in [1.82, 2.24) is 5.32 Å². The molecule has 0 amide bonds. The second-order valence-corrected chi connectivity index (χ2v) is 3.33. The Morgan fingerprint density at radius 3 is 2.73 bits per heavy atom. The summed E-state index contributed by atoms with van der Waals surface area (Å²) in [6, 6.07) is 0. The lowest BCUT2D eigenvalue weighted by Gasteiger charge is -2.32. The van der Waals surface area contributed by atoms with Crippen molar-refractivity contribution in [2.24, 2.45) is 11.8 Å². The SMILES string of the molecule is CC(CCC(=O)O)C1CNC1. The van der Waals surface area contributed by atoms with Gasteiger partial charge >= 0.3 is 5.97 Å². The van der Waals surface area contributed by atoms with E-state index in [0.717, 1.165) is 19.5 Å². The van der Waals surface area contributed by atoms with Crippen LogP contribution in [0.1, 0.15) is 19.8 Å². The summed E-state index contributed by atoms with van der Waals surface area (Å²) in [7, 11) is 0. The fourth-order valence-electron chi connectivity index (χ4n) is 1.30. The molecule has 0 bridgehead atoms. The summed E-state index contributed by atoms with van der Waals surface area (Å²) in [5, 5.41) is 11.6. The van der Waals surface area contributed by atoms with Gasteiger partial charge in [-0.15, -0.1) is 0 Å². The minimum atomic E-state index is -0.677. The van der Waals surface area contributed by atoms with E-state index in [-0.39, 0.29) is 0 Å². The lowest BCUT2D eigenvalue weighted by Crippen LogP contribution is -2.45. The van der Waals surface area contributed by atoms with Crippen LogP contribution in [0.4, 0.5) is 0 Å². The van der Waals surface area contributed by atoms with Crippen LogP contribution < -0.4 is 5.32 Å². The molecular formula is C8H15NO2. The first-order valence-corrected chi connectivity index (χ1v) is 4.12. The first-order chi connectivity index (χ1) is 5.20. The minimum absolute atomic E-state index is 0.317. The number of carboxylic acid groups (broad SMARTS) is 1. The molecule has 2 N–H and O–H groups in total. The summed E-state index contributed by atoms with van der Waals surface area (Å²) in [6.45, 7) is 4.27. The zero-order valence-corrected chi connectivity index (χ0v) is 6.84. The number of carboxylic acids is 1. The second-order valence-electron chi connectivity index (χ2n) is 3.33. The molecule has 1 fully saturated rings. The fraction of sp³-hybridized carbons (Fsp3) is 0.875. The largest absolute Gasteiger partial charge is 0.481 e. The average molecular weight is 157 g/mol. The van der Waals surface area contributed by atoms with Gasteiger partial charge in [-0.25, -0.2) is 0 Å². The Kier molecular flexibility index (Phi) is 2.88. The monoisotopic (exact) mass is 157 g/mol. The molecule has 1 aliphatic rings. The van der Waals surface area contributed by atoms with Gasteiger partial charge in [-0.3, -0.25) is 4.79 Å². The van der Waals surface area contributed by atoms with E-state index in [1.807, 2.05) is 0 Å². The molecule has 1 rings (SSSR count). The van der Waals surface area contributed by atoms with E-state index in [1.165, 1.54) is 0 Å². The Balaban J connectivity index is 2.09. The van der Waals surface area contributed by atoms with Crippen molar-refractivity contribution in [1.29, 1.82) is 0 Å². The summed E-state index contributed by atoms with van der Waals surface area (Å²) in [6.07, 6.45) is 1.14. The van der Waals surface area contributed by atoms with Crippen LogP contribution in [0.15, 0.2) is 0 Å². The summed E-state index contributed by atoms with van der Waals surface area (Å²) < 4.78 is 0. The van der Waals surface area contributed by atoms with Gasteiger partial charge in [-0.05, 0) is 31.3 Å². The van der Waals surface area contributed by atoms with Crippen LogP contribution in [-0.2, 0) is 4.79 Å². The van der Waals surface area contributed by atoms with Gasteiger partial charge in [-0.2, -0.15) is 0 Å². The lowest BCUT2D eigenvalue weighted by molar-refractivity contribution is -0.137. The van der Waals surface area contributed by atoms with Gasteiger partial charge in [0.1, 0.15) is 0 Å². The maximum atomic E-state index is 10.2. The third-order valence-corrected chi connectivity index (χ3v) is 2.43. The Morgan fingerprint density at radius 2 is 2.36 bits per heavy atom. The molecular weight excluding hydrogens is 142 g/mol. The first-order valence-electron chi connectivity index (χ1n) is 4.12. The van der Waals surface area contributed by atoms with Crippen molar-refractivity contribution >= 4 is 5.97 Å². The zero-order chi connectivity index (χ0) is 8.27. The van der Waals surface area contributed by atoms with Crippen molar-refractivity contribution in [3.63, 3.8) is 0 Å². The van der Waals surface area contributed by atoms with Crippen LogP contribution in [0.25, 0.3) is 0 Å². The number of hydrogen-bond acceptors (Lipinski definition) is 2. The molecule has 1 unspecified atom stereocenters. The van der Waals surface area contributed by atoms with E-state index in [9.17, 15) is 4.79 Å². The van der Waals surface area contributed by atoms with Gasteiger partial charge in [0, 0.05) is 6.42 Å². The quantitative estimate of drug-likeness (QED) is 0.631. The molecule has 1 saturated heterocycles. The van der Waals surface area contributed by atoms with Crippen LogP contribution in [0.5, 0.6) is 0 Å². The highest BCUT2D eigenvalue weighted by molar-refractivity contribution is 5.66. The molecule has 0 saturated carbocycles. The molecule has 3 heteroatoms. The maximum Gasteiger partial charge on any atom is 0.303 e. The van der Waals surface area contributed by atoms with Crippen LogP contribution >= 0.6 is 0 Å². The molecule has 0 aromatic rings. The molecule has 0 aliphatic carbocycles. The second kappa shape index (κ2) is 3.72. The molecule has 1 aliphatic heterocycles. The topological polar surface area (TPSA) is 49.3 Å². The molecule has 3 nitrogen and oxygen atoms in total. The van der Waals surface area contributed by atoms with Crippen LogP contribution in [0.2, 0.25) is 0 Å². The zero-order valence-electron chi connectivity index (χ0n) is 6.84. The molecule has 0 aromatic carbocycles. The van der Waals surface area contributed by atoms with E-state index in [2.05, 4.69) is 12.2 Å². The predicted octanol–water partition coefficient (Wildman–Crippen LogP) is 0.707. The Hall–Kier alpha value is -0.570. The van der Waals surface area contributed by atoms with Crippen LogP contribution in [0, 0.1) is 11.8 Å². The Bertz CT molecular complexity index is 143. The minimum Gasteiger partial charge on any atom is -0.481 e. The van der Waals surface area contributed by atoms with Gasteiger partial charge in [0.25, 0.3) is 0 Å². The van der Waals surface area contributed by atoms with E-state index >= 15 is 0 Å². The number of rotatable bonds is 4. The van der Waals surface area contributed by atoms with Crippen molar-refractivity contribution in [2.75, 3.05) is 13.1 Å². The highest BCUT2D eigenvalue weighted by atomic mass is 16.4.